The molecule has 0 saturated heterocycles. The molecule has 3 aromatic carbocycles. The number of aromatic nitrogens is 3. The minimum atomic E-state index is -0.125. The zero-order valence-electron chi connectivity index (χ0n) is 21.1. The molecule has 0 unspecified atom stereocenters. The number of thioether (sulfide) groups is 1. The zero-order valence-corrected chi connectivity index (χ0v) is 21.9. The smallest absolute Gasteiger partial charge is 0.266 e. The van der Waals surface area contributed by atoms with E-state index in [0.717, 1.165) is 22.8 Å². The molecule has 5 rings (SSSR count). The summed E-state index contributed by atoms with van der Waals surface area (Å²) in [5.74, 6) is 3.28. The fourth-order valence-corrected chi connectivity index (χ4v) is 4.95. The molecule has 188 valence electrons. The molecule has 0 saturated carbocycles. The first kappa shape index (κ1) is 24.6. The Labute approximate surface area is 219 Å². The molecule has 0 N–H and O–H groups in total. The van der Waals surface area contributed by atoms with Crippen molar-refractivity contribution in [3.8, 4) is 28.6 Å². The molecule has 0 aliphatic rings. The Morgan fingerprint density at radius 3 is 2.35 bits per heavy atom. The molecule has 0 radical (unpaired) electrons. The van der Waals surface area contributed by atoms with Gasteiger partial charge in [0.05, 0.1) is 35.5 Å². The number of oxazole rings is 1. The maximum absolute atomic E-state index is 13.5. The first-order valence-corrected chi connectivity index (χ1v) is 12.9. The molecular weight excluding hydrogens is 486 g/mol. The second-order valence-electron chi connectivity index (χ2n) is 8.75. The Hall–Kier alpha value is -4.04. The summed E-state index contributed by atoms with van der Waals surface area (Å²) in [6.07, 6.45) is 0.109. The number of hydrogen-bond donors (Lipinski definition) is 0. The topological polar surface area (TPSA) is 79.4 Å². The standard InChI is InChI=1S/C29H27N3O4S/c1-18(2)35-23-13-9-20(10-14-23)27-30-26(19(3)36-27)17-37-29-31-25-8-6-5-7-24(25)28(33)32(29)21-11-15-22(34-4)16-12-21/h5-16,18H,17H2,1-4H3. The highest BCUT2D eigenvalue weighted by Gasteiger charge is 2.17. The van der Waals surface area contributed by atoms with Crippen LogP contribution in [-0.4, -0.2) is 27.7 Å². The number of methoxy groups -OCH3 is 1. The highest BCUT2D eigenvalue weighted by molar-refractivity contribution is 7.98. The van der Waals surface area contributed by atoms with Gasteiger partial charge in [0, 0.05) is 11.3 Å². The monoisotopic (exact) mass is 513 g/mol. The van der Waals surface area contributed by atoms with Crippen molar-refractivity contribution in [3.05, 3.63) is 94.6 Å². The number of aryl methyl sites for hydroxylation is 1. The van der Waals surface area contributed by atoms with Gasteiger partial charge in [0.2, 0.25) is 5.89 Å². The van der Waals surface area contributed by atoms with E-state index in [0.29, 0.717) is 39.1 Å². The van der Waals surface area contributed by atoms with Gasteiger partial charge in [-0.2, -0.15) is 0 Å². The second-order valence-corrected chi connectivity index (χ2v) is 9.69. The van der Waals surface area contributed by atoms with Gasteiger partial charge >= 0.3 is 0 Å². The lowest BCUT2D eigenvalue weighted by Gasteiger charge is -2.13. The van der Waals surface area contributed by atoms with Gasteiger partial charge in [-0.15, -0.1) is 0 Å². The number of para-hydroxylation sites is 1. The molecule has 0 spiro atoms. The number of ether oxygens (including phenoxy) is 2. The van der Waals surface area contributed by atoms with Gasteiger partial charge in [0.1, 0.15) is 17.3 Å². The van der Waals surface area contributed by atoms with Gasteiger partial charge in [-0.1, -0.05) is 23.9 Å². The van der Waals surface area contributed by atoms with Crippen LogP contribution in [0.3, 0.4) is 0 Å². The quantitative estimate of drug-likeness (QED) is 0.175. The van der Waals surface area contributed by atoms with Crippen LogP contribution in [0.2, 0.25) is 0 Å². The summed E-state index contributed by atoms with van der Waals surface area (Å²) in [6, 6.07) is 22.4. The van der Waals surface area contributed by atoms with Crippen LogP contribution < -0.4 is 15.0 Å². The Morgan fingerprint density at radius 1 is 0.946 bits per heavy atom. The lowest BCUT2D eigenvalue weighted by atomic mass is 10.2. The van der Waals surface area contributed by atoms with Crippen LogP contribution in [0.5, 0.6) is 11.5 Å². The average molecular weight is 514 g/mol. The highest BCUT2D eigenvalue weighted by Crippen LogP contribution is 2.29. The summed E-state index contributed by atoms with van der Waals surface area (Å²) >= 11 is 1.44. The highest BCUT2D eigenvalue weighted by atomic mass is 32.2. The van der Waals surface area contributed by atoms with Gasteiger partial charge in [0.15, 0.2) is 5.16 Å². The van der Waals surface area contributed by atoms with Crippen molar-refractivity contribution >= 4 is 22.7 Å². The Morgan fingerprint density at radius 2 is 1.65 bits per heavy atom. The van der Waals surface area contributed by atoms with Gasteiger partial charge in [0.25, 0.3) is 5.56 Å². The van der Waals surface area contributed by atoms with E-state index in [1.165, 1.54) is 11.8 Å². The largest absolute Gasteiger partial charge is 0.497 e. The van der Waals surface area contributed by atoms with Crippen molar-refractivity contribution in [1.29, 1.82) is 0 Å². The summed E-state index contributed by atoms with van der Waals surface area (Å²) < 4.78 is 18.6. The molecule has 2 aromatic heterocycles. The van der Waals surface area contributed by atoms with Crippen LogP contribution in [0.1, 0.15) is 25.3 Å². The van der Waals surface area contributed by atoms with Crippen LogP contribution in [-0.2, 0) is 5.75 Å². The van der Waals surface area contributed by atoms with E-state index in [2.05, 4.69) is 0 Å². The minimum absolute atomic E-state index is 0.109. The van der Waals surface area contributed by atoms with Crippen LogP contribution in [0, 0.1) is 6.92 Å². The fraction of sp³-hybridized carbons (Fsp3) is 0.207. The molecule has 5 aromatic rings. The maximum atomic E-state index is 13.5. The van der Waals surface area contributed by atoms with Crippen molar-refractivity contribution < 1.29 is 13.9 Å². The van der Waals surface area contributed by atoms with Crippen molar-refractivity contribution in [3.63, 3.8) is 0 Å². The van der Waals surface area contributed by atoms with E-state index in [1.807, 2.05) is 87.5 Å². The van der Waals surface area contributed by atoms with Gasteiger partial charge in [-0.3, -0.25) is 9.36 Å². The number of hydrogen-bond acceptors (Lipinski definition) is 7. The first-order valence-electron chi connectivity index (χ1n) is 12.0. The Bertz CT molecular complexity index is 1590. The van der Waals surface area contributed by atoms with Crippen molar-refractivity contribution in [2.24, 2.45) is 0 Å². The summed E-state index contributed by atoms with van der Waals surface area (Å²) in [5.41, 5.74) is 2.91. The SMILES string of the molecule is COc1ccc(-n2c(SCc3nc(-c4ccc(OC(C)C)cc4)oc3C)nc3ccccc3c2=O)cc1. The lowest BCUT2D eigenvalue weighted by Crippen LogP contribution is -2.21. The van der Waals surface area contributed by atoms with Crippen LogP contribution in [0.4, 0.5) is 0 Å². The van der Waals surface area contributed by atoms with Gasteiger partial charge in [-0.25, -0.2) is 9.97 Å². The molecule has 37 heavy (non-hydrogen) atoms. The predicted molar refractivity (Wildman–Crippen MR) is 146 cm³/mol. The second kappa shape index (κ2) is 10.5. The first-order chi connectivity index (χ1) is 17.9. The zero-order chi connectivity index (χ0) is 25.9. The third kappa shape index (κ3) is 5.24. The van der Waals surface area contributed by atoms with E-state index in [1.54, 1.807) is 17.7 Å². The average Bonchev–Trinajstić information content (AvgIpc) is 3.28. The van der Waals surface area contributed by atoms with E-state index in [-0.39, 0.29) is 11.7 Å². The van der Waals surface area contributed by atoms with E-state index < -0.39 is 0 Å². The minimum Gasteiger partial charge on any atom is -0.497 e. The van der Waals surface area contributed by atoms with Gasteiger partial charge in [-0.05, 0) is 81.4 Å². The molecule has 0 amide bonds. The van der Waals surface area contributed by atoms with Gasteiger partial charge < -0.3 is 13.9 Å². The van der Waals surface area contributed by atoms with Crippen molar-refractivity contribution in [2.45, 2.75) is 37.8 Å². The normalized spacial score (nSPS) is 11.3. The molecule has 2 heterocycles. The molecule has 0 atom stereocenters. The van der Waals surface area contributed by atoms with Crippen LogP contribution >= 0.6 is 11.8 Å². The Kier molecular flexibility index (Phi) is 7.01. The summed E-state index contributed by atoms with van der Waals surface area (Å²) in [5, 5.41) is 1.14. The third-order valence-corrected chi connectivity index (χ3v) is 6.73. The molecular formula is C29H27N3O4S. The number of fused-ring (bicyclic) bond motifs is 1. The molecule has 8 heteroatoms. The van der Waals surface area contributed by atoms with E-state index in [4.69, 9.17) is 23.9 Å². The van der Waals surface area contributed by atoms with Crippen molar-refractivity contribution in [2.75, 3.05) is 7.11 Å². The molecule has 7 nitrogen and oxygen atoms in total. The summed E-state index contributed by atoms with van der Waals surface area (Å²) in [6.45, 7) is 5.88. The Balaban J connectivity index is 1.46. The molecule has 0 fully saturated rings. The maximum Gasteiger partial charge on any atom is 0.266 e. The number of nitrogens with zero attached hydrogens (tertiary/aromatic N) is 3. The van der Waals surface area contributed by atoms with Crippen LogP contribution in [0.25, 0.3) is 28.0 Å². The lowest BCUT2D eigenvalue weighted by molar-refractivity contribution is 0.242. The van der Waals surface area contributed by atoms with Crippen LogP contribution in [0.15, 0.2) is 87.2 Å². The summed E-state index contributed by atoms with van der Waals surface area (Å²) in [7, 11) is 1.61. The predicted octanol–water partition coefficient (Wildman–Crippen LogP) is 6.44. The van der Waals surface area contributed by atoms with E-state index in [9.17, 15) is 4.79 Å². The number of benzene rings is 3. The molecule has 0 bridgehead atoms. The van der Waals surface area contributed by atoms with Crippen molar-refractivity contribution in [1.82, 2.24) is 14.5 Å². The molecule has 0 aliphatic carbocycles. The fourth-order valence-electron chi connectivity index (χ4n) is 3.93. The number of rotatable bonds is 8. The third-order valence-electron chi connectivity index (χ3n) is 5.78. The molecule has 0 aliphatic heterocycles. The summed E-state index contributed by atoms with van der Waals surface area (Å²) in [4.78, 5) is 23.1. The van der Waals surface area contributed by atoms with E-state index >= 15 is 0 Å².